The maximum Gasteiger partial charge on any atom is 0.231 e. The number of tetrazole rings is 1. The van der Waals surface area contributed by atoms with Crippen LogP contribution in [0, 0.1) is 11.8 Å². The Hall–Kier alpha value is -3.12. The van der Waals surface area contributed by atoms with Crippen molar-refractivity contribution in [1.82, 2.24) is 30.5 Å². The summed E-state index contributed by atoms with van der Waals surface area (Å²) < 4.78 is 7.17. The Morgan fingerprint density at radius 3 is 3.04 bits per heavy atom. The number of aromatic nitrogens is 5. The van der Waals surface area contributed by atoms with E-state index >= 15 is 0 Å². The van der Waals surface area contributed by atoms with Crippen LogP contribution in [0.15, 0.2) is 41.7 Å². The van der Waals surface area contributed by atoms with Crippen LogP contribution in [0.1, 0.15) is 0 Å². The van der Waals surface area contributed by atoms with Crippen LogP contribution in [0.3, 0.4) is 0 Å². The molecule has 0 atom stereocenters. The number of ether oxygens (including phenoxy) is 1. The fourth-order valence-electron chi connectivity index (χ4n) is 2.09. The molecule has 0 aliphatic carbocycles. The largest absolute Gasteiger partial charge is 0.479 e. The van der Waals surface area contributed by atoms with Crippen molar-refractivity contribution in [3.05, 3.63) is 36.5 Å². The number of hydrogen-bond acceptors (Lipinski definition) is 7. The molecule has 0 saturated carbocycles. The first-order valence-corrected chi connectivity index (χ1v) is 8.77. The van der Waals surface area contributed by atoms with Crippen LogP contribution >= 0.6 is 11.8 Å². The van der Waals surface area contributed by atoms with E-state index in [0.717, 1.165) is 10.9 Å². The maximum absolute atomic E-state index is 11.7. The first kappa shape index (κ1) is 17.7. The van der Waals surface area contributed by atoms with Crippen LogP contribution in [-0.2, 0) is 11.8 Å². The molecule has 0 unspecified atom stereocenters. The highest BCUT2D eigenvalue weighted by molar-refractivity contribution is 7.99. The quantitative estimate of drug-likeness (QED) is 0.513. The maximum atomic E-state index is 11.7. The second-order valence-electron chi connectivity index (χ2n) is 5.12. The third kappa shape index (κ3) is 4.70. The Labute approximate surface area is 154 Å². The van der Waals surface area contributed by atoms with Gasteiger partial charge in [-0.2, -0.15) is 0 Å². The highest BCUT2D eigenvalue weighted by Crippen LogP contribution is 2.22. The SMILES string of the molecule is Cn1nnnc1SCC(=O)NCC#CCOc1cccc2cccnc12. The average Bonchev–Trinajstić information content (AvgIpc) is 3.08. The van der Waals surface area contributed by atoms with E-state index in [9.17, 15) is 4.79 Å². The van der Waals surface area contributed by atoms with Gasteiger partial charge in [-0.15, -0.1) is 5.10 Å². The number of benzene rings is 1. The zero-order valence-electron chi connectivity index (χ0n) is 14.0. The van der Waals surface area contributed by atoms with E-state index < -0.39 is 0 Å². The number of nitrogens with one attached hydrogen (secondary N) is 1. The number of amides is 1. The topological polar surface area (TPSA) is 94.8 Å². The van der Waals surface area contributed by atoms with E-state index in [1.54, 1.807) is 13.2 Å². The van der Waals surface area contributed by atoms with Gasteiger partial charge in [0.1, 0.15) is 17.9 Å². The van der Waals surface area contributed by atoms with E-state index in [1.807, 2.05) is 30.3 Å². The van der Waals surface area contributed by atoms with E-state index in [4.69, 9.17) is 4.74 Å². The predicted octanol–water partition coefficient (Wildman–Crippen LogP) is 1.05. The van der Waals surface area contributed by atoms with E-state index in [-0.39, 0.29) is 24.8 Å². The van der Waals surface area contributed by atoms with Crippen LogP contribution in [0.5, 0.6) is 5.75 Å². The summed E-state index contributed by atoms with van der Waals surface area (Å²) in [4.78, 5) is 16.1. The van der Waals surface area contributed by atoms with Crippen molar-refractivity contribution >= 4 is 28.6 Å². The van der Waals surface area contributed by atoms with Crippen LogP contribution in [0.2, 0.25) is 0 Å². The Morgan fingerprint density at radius 1 is 1.31 bits per heavy atom. The summed E-state index contributed by atoms with van der Waals surface area (Å²) in [6.07, 6.45) is 1.73. The van der Waals surface area contributed by atoms with Gasteiger partial charge in [0, 0.05) is 18.6 Å². The monoisotopic (exact) mass is 368 g/mol. The van der Waals surface area contributed by atoms with Gasteiger partial charge in [0.2, 0.25) is 11.1 Å². The van der Waals surface area contributed by atoms with E-state index in [2.05, 4.69) is 37.7 Å². The van der Waals surface area contributed by atoms with Crippen molar-refractivity contribution in [2.75, 3.05) is 18.9 Å². The molecule has 0 spiro atoms. The van der Waals surface area contributed by atoms with E-state index in [0.29, 0.717) is 10.9 Å². The van der Waals surface area contributed by atoms with Crippen molar-refractivity contribution in [1.29, 1.82) is 0 Å². The molecule has 9 heteroatoms. The molecule has 1 N–H and O–H groups in total. The zero-order valence-corrected chi connectivity index (χ0v) is 14.9. The summed E-state index contributed by atoms with van der Waals surface area (Å²) in [6, 6.07) is 9.61. The number of para-hydroxylation sites is 1. The smallest absolute Gasteiger partial charge is 0.231 e. The molecule has 0 saturated heterocycles. The minimum Gasteiger partial charge on any atom is -0.479 e. The minimum atomic E-state index is -0.133. The lowest BCUT2D eigenvalue weighted by atomic mass is 10.2. The van der Waals surface area contributed by atoms with E-state index in [1.165, 1.54) is 16.4 Å². The molecule has 1 amide bonds. The second kappa shape index (κ2) is 8.82. The molecule has 8 nitrogen and oxygen atoms in total. The molecule has 0 fully saturated rings. The highest BCUT2D eigenvalue weighted by Gasteiger charge is 2.06. The van der Waals surface area contributed by atoms with Crippen LogP contribution < -0.4 is 10.1 Å². The van der Waals surface area contributed by atoms with Gasteiger partial charge in [0.15, 0.2) is 0 Å². The van der Waals surface area contributed by atoms with Crippen molar-refractivity contribution in [3.8, 4) is 17.6 Å². The van der Waals surface area contributed by atoms with Gasteiger partial charge in [0.25, 0.3) is 0 Å². The molecule has 1 aromatic carbocycles. The number of hydrogen-bond donors (Lipinski definition) is 1. The van der Waals surface area contributed by atoms with Gasteiger partial charge >= 0.3 is 0 Å². The normalized spacial score (nSPS) is 10.2. The molecule has 0 aliphatic rings. The molecule has 2 aromatic heterocycles. The predicted molar refractivity (Wildman–Crippen MR) is 97.5 cm³/mol. The molecule has 26 heavy (non-hydrogen) atoms. The third-order valence-corrected chi connectivity index (χ3v) is 4.32. The van der Waals surface area contributed by atoms with Crippen LogP contribution in [0.4, 0.5) is 0 Å². The van der Waals surface area contributed by atoms with Crippen molar-refractivity contribution in [2.45, 2.75) is 5.16 Å². The molecule has 3 rings (SSSR count). The highest BCUT2D eigenvalue weighted by atomic mass is 32.2. The molecule has 0 radical (unpaired) electrons. The van der Waals surface area contributed by atoms with Crippen LogP contribution in [-0.4, -0.2) is 50.0 Å². The number of thioether (sulfide) groups is 1. The van der Waals surface area contributed by atoms with Gasteiger partial charge in [-0.1, -0.05) is 41.8 Å². The third-order valence-electron chi connectivity index (χ3n) is 3.31. The summed E-state index contributed by atoms with van der Waals surface area (Å²) in [7, 11) is 1.72. The summed E-state index contributed by atoms with van der Waals surface area (Å²) in [5.41, 5.74) is 0.806. The Morgan fingerprint density at radius 2 is 2.19 bits per heavy atom. The number of fused-ring (bicyclic) bond motifs is 1. The molecular weight excluding hydrogens is 352 g/mol. The van der Waals surface area contributed by atoms with Crippen molar-refractivity contribution in [2.24, 2.45) is 7.05 Å². The molecule has 132 valence electrons. The molecule has 2 heterocycles. The van der Waals surface area contributed by atoms with Crippen LogP contribution in [0.25, 0.3) is 10.9 Å². The number of carbonyl (C=O) groups excluding carboxylic acids is 1. The summed E-state index contributed by atoms with van der Waals surface area (Å²) in [5.74, 6) is 6.52. The van der Waals surface area contributed by atoms with Gasteiger partial charge in [0.05, 0.1) is 12.3 Å². The summed E-state index contributed by atoms with van der Waals surface area (Å²) in [6.45, 7) is 0.485. The van der Waals surface area contributed by atoms with Gasteiger partial charge in [-0.25, -0.2) is 4.68 Å². The minimum absolute atomic E-state index is 0.133. The number of rotatable bonds is 6. The fraction of sp³-hybridized carbons (Fsp3) is 0.235. The number of pyridine rings is 1. The van der Waals surface area contributed by atoms with Gasteiger partial charge in [-0.3, -0.25) is 9.78 Å². The lowest BCUT2D eigenvalue weighted by Gasteiger charge is -2.05. The summed E-state index contributed by atoms with van der Waals surface area (Å²) >= 11 is 1.26. The molecule has 3 aromatic rings. The number of carbonyl (C=O) groups is 1. The fourth-order valence-corrected chi connectivity index (χ4v) is 2.77. The Kier molecular flexibility index (Phi) is 6.01. The van der Waals surface area contributed by atoms with Crippen molar-refractivity contribution < 1.29 is 9.53 Å². The molecule has 0 aliphatic heterocycles. The average molecular weight is 368 g/mol. The lowest BCUT2D eigenvalue weighted by molar-refractivity contribution is -0.118. The zero-order chi connectivity index (χ0) is 18.2. The standard InChI is InChI=1S/C17H16N6O2S/c1-23-17(20-21-22-23)26-12-15(24)18-9-2-3-11-25-14-8-4-6-13-7-5-10-19-16(13)14/h4-8,10H,9,11-12H2,1H3,(H,18,24). The number of aryl methyl sites for hydroxylation is 1. The summed E-state index contributed by atoms with van der Waals surface area (Å²) in [5, 5.41) is 15.3. The van der Waals surface area contributed by atoms with Crippen molar-refractivity contribution in [3.63, 3.8) is 0 Å². The van der Waals surface area contributed by atoms with Gasteiger partial charge in [-0.05, 0) is 22.6 Å². The van der Waals surface area contributed by atoms with Gasteiger partial charge < -0.3 is 10.1 Å². The Bertz CT molecular complexity index is 957. The number of nitrogens with zero attached hydrogens (tertiary/aromatic N) is 5. The lowest BCUT2D eigenvalue weighted by Crippen LogP contribution is -2.25. The first-order chi connectivity index (χ1) is 12.7. The first-order valence-electron chi connectivity index (χ1n) is 7.78. The second-order valence-corrected chi connectivity index (χ2v) is 6.07. The molecular formula is C17H16N6O2S. The Balaban J connectivity index is 1.40. The molecule has 0 bridgehead atoms.